The summed E-state index contributed by atoms with van der Waals surface area (Å²) in [5.74, 6) is 0.0351. The fraction of sp³-hybridized carbons (Fsp3) is 0.600. The maximum Gasteiger partial charge on any atom is 0.237 e. The van der Waals surface area contributed by atoms with E-state index in [0.29, 0.717) is 6.54 Å². The Morgan fingerprint density at radius 1 is 1.81 bits per heavy atom. The van der Waals surface area contributed by atoms with E-state index in [0.717, 1.165) is 17.8 Å². The Bertz CT molecular complexity index is 342. The van der Waals surface area contributed by atoms with Gasteiger partial charge in [-0.25, -0.2) is 0 Å². The van der Waals surface area contributed by atoms with Gasteiger partial charge >= 0.3 is 0 Å². The lowest BCUT2D eigenvalue weighted by atomic mass is 10.2. The first-order chi connectivity index (χ1) is 7.79. The molecule has 0 bridgehead atoms. The summed E-state index contributed by atoms with van der Waals surface area (Å²) >= 11 is 1.54. The molecule has 0 spiro atoms. The highest BCUT2D eigenvalue weighted by Gasteiger charge is 2.28. The lowest BCUT2D eigenvalue weighted by Crippen LogP contribution is -2.39. The number of thiazole rings is 1. The highest BCUT2D eigenvalue weighted by molar-refractivity contribution is 7.09. The molecule has 5 nitrogen and oxygen atoms in total. The van der Waals surface area contributed by atoms with Gasteiger partial charge in [0.05, 0.1) is 24.2 Å². The summed E-state index contributed by atoms with van der Waals surface area (Å²) in [6.07, 6.45) is 2.66. The van der Waals surface area contributed by atoms with E-state index >= 15 is 0 Å². The number of rotatable bonds is 4. The Morgan fingerprint density at radius 2 is 2.69 bits per heavy atom. The Balaban J connectivity index is 1.76. The molecule has 2 unspecified atom stereocenters. The van der Waals surface area contributed by atoms with Gasteiger partial charge < -0.3 is 15.4 Å². The molecular weight excluding hydrogens is 226 g/mol. The van der Waals surface area contributed by atoms with Gasteiger partial charge in [-0.05, 0) is 6.42 Å². The van der Waals surface area contributed by atoms with Crippen molar-refractivity contribution in [3.05, 3.63) is 16.6 Å². The molecule has 1 aromatic heterocycles. The molecule has 2 heterocycles. The fourth-order valence-corrected chi connectivity index (χ4v) is 2.24. The Kier molecular flexibility index (Phi) is 3.87. The first kappa shape index (κ1) is 11.5. The van der Waals surface area contributed by atoms with Gasteiger partial charge in [0.1, 0.15) is 0 Å². The van der Waals surface area contributed by atoms with Crippen LogP contribution in [0.3, 0.4) is 0 Å². The standard InChI is InChI=1S/C10H15N3O2S/c1-15-7-2-9(12-3-7)10(14)13-5-8-4-11-6-16-8/h4,6-7,9,12H,2-3,5H2,1H3,(H,13,14). The number of hydrogen-bond donors (Lipinski definition) is 2. The predicted octanol–water partition coefficient (Wildman–Crippen LogP) is 0.136. The van der Waals surface area contributed by atoms with Crippen molar-refractivity contribution in [1.29, 1.82) is 0 Å². The average Bonchev–Trinajstić information content (AvgIpc) is 2.96. The lowest BCUT2D eigenvalue weighted by Gasteiger charge is -2.10. The van der Waals surface area contributed by atoms with Gasteiger partial charge in [0.2, 0.25) is 5.91 Å². The molecule has 0 aliphatic carbocycles. The van der Waals surface area contributed by atoms with E-state index in [9.17, 15) is 4.79 Å². The number of carbonyl (C=O) groups excluding carboxylic acids is 1. The van der Waals surface area contributed by atoms with Crippen LogP contribution in [0.15, 0.2) is 11.7 Å². The molecule has 6 heteroatoms. The van der Waals surface area contributed by atoms with Crippen LogP contribution in [-0.2, 0) is 16.1 Å². The molecule has 2 rings (SSSR count). The highest BCUT2D eigenvalue weighted by atomic mass is 32.1. The maximum absolute atomic E-state index is 11.8. The van der Waals surface area contributed by atoms with Crippen LogP contribution in [0, 0.1) is 0 Å². The van der Waals surface area contributed by atoms with E-state index < -0.39 is 0 Å². The van der Waals surface area contributed by atoms with Crippen molar-refractivity contribution in [2.45, 2.75) is 25.1 Å². The second-order valence-electron chi connectivity index (χ2n) is 3.74. The van der Waals surface area contributed by atoms with E-state index in [1.165, 1.54) is 0 Å². The number of amides is 1. The van der Waals surface area contributed by atoms with Crippen molar-refractivity contribution in [2.75, 3.05) is 13.7 Å². The lowest BCUT2D eigenvalue weighted by molar-refractivity contribution is -0.123. The molecule has 1 saturated heterocycles. The zero-order chi connectivity index (χ0) is 11.4. The molecule has 1 amide bonds. The van der Waals surface area contributed by atoms with Crippen molar-refractivity contribution < 1.29 is 9.53 Å². The number of nitrogens with one attached hydrogen (secondary N) is 2. The van der Waals surface area contributed by atoms with Gasteiger partial charge in [-0.2, -0.15) is 0 Å². The number of methoxy groups -OCH3 is 1. The molecule has 1 aliphatic rings. The second-order valence-corrected chi connectivity index (χ2v) is 4.71. The van der Waals surface area contributed by atoms with E-state index in [2.05, 4.69) is 15.6 Å². The molecule has 88 valence electrons. The molecule has 16 heavy (non-hydrogen) atoms. The summed E-state index contributed by atoms with van der Waals surface area (Å²) in [6.45, 7) is 1.30. The van der Waals surface area contributed by atoms with E-state index in [4.69, 9.17) is 4.74 Å². The van der Waals surface area contributed by atoms with Crippen LogP contribution in [0.25, 0.3) is 0 Å². The minimum atomic E-state index is -0.127. The minimum absolute atomic E-state index is 0.0351. The van der Waals surface area contributed by atoms with Crippen molar-refractivity contribution in [3.63, 3.8) is 0 Å². The van der Waals surface area contributed by atoms with Crippen LogP contribution in [0.4, 0.5) is 0 Å². The van der Waals surface area contributed by atoms with Crippen LogP contribution < -0.4 is 10.6 Å². The van der Waals surface area contributed by atoms with Gasteiger partial charge in [0.25, 0.3) is 0 Å². The number of carbonyl (C=O) groups is 1. The van der Waals surface area contributed by atoms with Crippen molar-refractivity contribution >= 4 is 17.2 Å². The summed E-state index contributed by atoms with van der Waals surface area (Å²) in [7, 11) is 1.67. The summed E-state index contributed by atoms with van der Waals surface area (Å²) < 4.78 is 5.19. The zero-order valence-electron chi connectivity index (χ0n) is 9.10. The monoisotopic (exact) mass is 241 g/mol. The predicted molar refractivity (Wildman–Crippen MR) is 61.2 cm³/mol. The third-order valence-corrected chi connectivity index (χ3v) is 3.44. The van der Waals surface area contributed by atoms with Gasteiger partial charge in [0, 0.05) is 24.7 Å². The molecule has 0 radical (unpaired) electrons. The quantitative estimate of drug-likeness (QED) is 0.787. The highest BCUT2D eigenvalue weighted by Crippen LogP contribution is 2.10. The summed E-state index contributed by atoms with van der Waals surface area (Å²) in [5.41, 5.74) is 1.76. The molecular formula is C10H15N3O2S. The fourth-order valence-electron chi connectivity index (χ4n) is 1.71. The van der Waals surface area contributed by atoms with Gasteiger partial charge in [-0.1, -0.05) is 0 Å². The molecule has 2 N–H and O–H groups in total. The largest absolute Gasteiger partial charge is 0.380 e. The third kappa shape index (κ3) is 2.78. The van der Waals surface area contributed by atoms with Gasteiger partial charge in [-0.3, -0.25) is 9.78 Å². The number of aromatic nitrogens is 1. The average molecular weight is 241 g/mol. The van der Waals surface area contributed by atoms with Crippen molar-refractivity contribution in [3.8, 4) is 0 Å². The first-order valence-corrected chi connectivity index (χ1v) is 6.09. The van der Waals surface area contributed by atoms with E-state index in [1.54, 1.807) is 30.2 Å². The second kappa shape index (κ2) is 5.38. The summed E-state index contributed by atoms with van der Waals surface area (Å²) in [4.78, 5) is 16.8. The molecule has 2 atom stereocenters. The number of ether oxygens (including phenoxy) is 1. The van der Waals surface area contributed by atoms with Crippen LogP contribution in [0.5, 0.6) is 0 Å². The molecule has 1 fully saturated rings. The van der Waals surface area contributed by atoms with Crippen LogP contribution >= 0.6 is 11.3 Å². The minimum Gasteiger partial charge on any atom is -0.380 e. The molecule has 1 aliphatic heterocycles. The SMILES string of the molecule is COC1CNC(C(=O)NCc2cncs2)C1. The maximum atomic E-state index is 11.8. The normalized spacial score (nSPS) is 24.6. The molecule has 0 aromatic carbocycles. The van der Waals surface area contributed by atoms with Crippen molar-refractivity contribution in [1.82, 2.24) is 15.6 Å². The third-order valence-electron chi connectivity index (χ3n) is 2.66. The molecule has 1 aromatic rings. The van der Waals surface area contributed by atoms with Gasteiger partial charge in [0.15, 0.2) is 0 Å². The Hall–Kier alpha value is -0.980. The summed E-state index contributed by atoms with van der Waals surface area (Å²) in [5, 5.41) is 6.02. The first-order valence-electron chi connectivity index (χ1n) is 5.21. The number of hydrogen-bond acceptors (Lipinski definition) is 5. The van der Waals surface area contributed by atoms with Crippen molar-refractivity contribution in [2.24, 2.45) is 0 Å². The Morgan fingerprint density at radius 3 is 3.31 bits per heavy atom. The summed E-state index contributed by atoms with van der Waals surface area (Å²) in [6, 6.07) is -0.127. The smallest absolute Gasteiger partial charge is 0.237 e. The van der Waals surface area contributed by atoms with Crippen LogP contribution in [-0.4, -0.2) is 36.7 Å². The van der Waals surface area contributed by atoms with Gasteiger partial charge in [-0.15, -0.1) is 11.3 Å². The Labute approximate surface area is 98.2 Å². The van der Waals surface area contributed by atoms with Crippen LogP contribution in [0.1, 0.15) is 11.3 Å². The molecule has 0 saturated carbocycles. The van der Waals surface area contributed by atoms with E-state index in [-0.39, 0.29) is 18.1 Å². The van der Waals surface area contributed by atoms with E-state index in [1.807, 2.05) is 0 Å². The van der Waals surface area contributed by atoms with Crippen LogP contribution in [0.2, 0.25) is 0 Å². The zero-order valence-corrected chi connectivity index (χ0v) is 9.92. The topological polar surface area (TPSA) is 63.2 Å². The number of nitrogens with zero attached hydrogens (tertiary/aromatic N) is 1.